The van der Waals surface area contributed by atoms with Crippen LogP contribution in [-0.4, -0.2) is 31.2 Å². The van der Waals surface area contributed by atoms with Crippen molar-refractivity contribution >= 4 is 0 Å². The molecule has 0 saturated carbocycles. The Bertz CT molecular complexity index is 368. The Hall–Kier alpha value is -0.900. The van der Waals surface area contributed by atoms with Gasteiger partial charge in [-0.2, -0.15) is 0 Å². The Morgan fingerprint density at radius 3 is 2.39 bits per heavy atom. The van der Waals surface area contributed by atoms with Crippen LogP contribution < -0.4 is 0 Å². The minimum absolute atomic E-state index is 0.188. The third-order valence-corrected chi connectivity index (χ3v) is 3.71. The number of aliphatic hydroxyl groups excluding tert-OH is 1. The molecule has 1 aromatic carbocycles. The highest BCUT2D eigenvalue weighted by Crippen LogP contribution is 2.36. The molecule has 1 heterocycles. The van der Waals surface area contributed by atoms with Gasteiger partial charge in [-0.25, -0.2) is 0 Å². The molecular formula is C15H22O3. The molecule has 1 unspecified atom stereocenters. The summed E-state index contributed by atoms with van der Waals surface area (Å²) in [6.07, 6.45) is 1.41. The van der Waals surface area contributed by atoms with Crippen molar-refractivity contribution in [3.05, 3.63) is 35.4 Å². The Labute approximate surface area is 109 Å². The fourth-order valence-corrected chi connectivity index (χ4v) is 2.51. The van der Waals surface area contributed by atoms with Crippen molar-refractivity contribution in [2.24, 2.45) is 0 Å². The summed E-state index contributed by atoms with van der Waals surface area (Å²) >= 11 is 0. The van der Waals surface area contributed by atoms with Crippen molar-refractivity contribution in [2.45, 2.75) is 38.4 Å². The zero-order chi connectivity index (χ0) is 13.0. The molecule has 1 aromatic rings. The summed E-state index contributed by atoms with van der Waals surface area (Å²) in [5.74, 6) is 0. The summed E-state index contributed by atoms with van der Waals surface area (Å²) in [6.45, 7) is 5.76. The highest BCUT2D eigenvalue weighted by molar-refractivity contribution is 5.29. The molecule has 0 radical (unpaired) electrons. The van der Waals surface area contributed by atoms with Gasteiger partial charge in [0.2, 0.25) is 0 Å². The predicted molar refractivity (Wildman–Crippen MR) is 70.5 cm³/mol. The average molecular weight is 250 g/mol. The van der Waals surface area contributed by atoms with E-state index in [0.717, 1.165) is 12.8 Å². The van der Waals surface area contributed by atoms with Gasteiger partial charge < -0.3 is 14.6 Å². The normalized spacial score (nSPS) is 19.9. The summed E-state index contributed by atoms with van der Waals surface area (Å²) < 4.78 is 11.4. The Kier molecular flexibility index (Phi) is 4.38. The lowest BCUT2D eigenvalue weighted by molar-refractivity contribution is -0.0976. The molecule has 2 rings (SSSR count). The first-order valence-electron chi connectivity index (χ1n) is 6.58. The van der Waals surface area contributed by atoms with Gasteiger partial charge in [0.25, 0.3) is 0 Å². The van der Waals surface area contributed by atoms with Crippen LogP contribution in [0.1, 0.15) is 30.9 Å². The number of rotatable bonds is 5. The van der Waals surface area contributed by atoms with Crippen molar-refractivity contribution in [3.63, 3.8) is 0 Å². The molecule has 0 spiro atoms. The van der Waals surface area contributed by atoms with Gasteiger partial charge in [0.15, 0.2) is 6.29 Å². The third-order valence-electron chi connectivity index (χ3n) is 3.71. The maximum absolute atomic E-state index is 9.08. The number of aryl methyl sites for hydroxylation is 1. The van der Waals surface area contributed by atoms with Gasteiger partial charge in [-0.05, 0) is 25.3 Å². The summed E-state index contributed by atoms with van der Waals surface area (Å²) in [6, 6.07) is 8.50. The van der Waals surface area contributed by atoms with E-state index in [1.807, 2.05) is 0 Å². The molecule has 0 aromatic heterocycles. The first-order chi connectivity index (χ1) is 8.66. The van der Waals surface area contributed by atoms with Gasteiger partial charge in [-0.1, -0.05) is 36.8 Å². The first kappa shape index (κ1) is 13.5. The highest BCUT2D eigenvalue weighted by atomic mass is 16.7. The minimum atomic E-state index is -0.202. The SMILES string of the molecule is Cc1ccc(C(C)(CCCO)C2OCCO2)cc1. The maximum atomic E-state index is 9.08. The lowest BCUT2D eigenvalue weighted by Gasteiger charge is -2.34. The quantitative estimate of drug-likeness (QED) is 0.872. The smallest absolute Gasteiger partial charge is 0.167 e. The molecule has 3 nitrogen and oxygen atoms in total. The molecule has 0 amide bonds. The van der Waals surface area contributed by atoms with Crippen LogP contribution in [-0.2, 0) is 14.9 Å². The van der Waals surface area contributed by atoms with Gasteiger partial charge in [-0.3, -0.25) is 0 Å². The zero-order valence-electron chi connectivity index (χ0n) is 11.2. The number of hydrogen-bond donors (Lipinski definition) is 1. The van der Waals surface area contributed by atoms with Crippen LogP contribution in [0.15, 0.2) is 24.3 Å². The van der Waals surface area contributed by atoms with Crippen molar-refractivity contribution in [1.29, 1.82) is 0 Å². The van der Waals surface area contributed by atoms with Gasteiger partial charge in [0.1, 0.15) is 0 Å². The average Bonchev–Trinajstić information content (AvgIpc) is 2.91. The first-order valence-corrected chi connectivity index (χ1v) is 6.58. The Morgan fingerprint density at radius 2 is 1.83 bits per heavy atom. The van der Waals surface area contributed by atoms with Crippen LogP contribution in [0.25, 0.3) is 0 Å². The predicted octanol–water partition coefficient (Wildman–Crippen LogP) is 2.40. The van der Waals surface area contributed by atoms with E-state index in [9.17, 15) is 0 Å². The summed E-state index contributed by atoms with van der Waals surface area (Å²) in [5, 5.41) is 9.08. The van der Waals surface area contributed by atoms with Crippen molar-refractivity contribution in [1.82, 2.24) is 0 Å². The molecule has 1 aliphatic rings. The molecule has 1 N–H and O–H groups in total. The van der Waals surface area contributed by atoms with E-state index in [2.05, 4.69) is 38.1 Å². The van der Waals surface area contributed by atoms with Crippen LogP contribution in [0.2, 0.25) is 0 Å². The molecule has 0 aliphatic carbocycles. The molecular weight excluding hydrogens is 228 g/mol. The minimum Gasteiger partial charge on any atom is -0.396 e. The van der Waals surface area contributed by atoms with E-state index in [4.69, 9.17) is 14.6 Å². The summed E-state index contributed by atoms with van der Waals surface area (Å²) in [4.78, 5) is 0. The lowest BCUT2D eigenvalue weighted by Crippen LogP contribution is -2.37. The highest BCUT2D eigenvalue weighted by Gasteiger charge is 2.39. The van der Waals surface area contributed by atoms with Crippen LogP contribution in [0.4, 0.5) is 0 Å². The lowest BCUT2D eigenvalue weighted by atomic mass is 9.77. The molecule has 3 heteroatoms. The standard InChI is InChI=1S/C15H22O3/c1-12-4-6-13(7-5-12)15(2,8-3-9-16)14-17-10-11-18-14/h4-7,14,16H,3,8-11H2,1-2H3. The summed E-state index contributed by atoms with van der Waals surface area (Å²) in [7, 11) is 0. The second-order valence-electron chi connectivity index (χ2n) is 5.18. The van der Waals surface area contributed by atoms with Gasteiger partial charge in [0.05, 0.1) is 13.2 Å². The fraction of sp³-hybridized carbons (Fsp3) is 0.600. The van der Waals surface area contributed by atoms with E-state index in [0.29, 0.717) is 13.2 Å². The maximum Gasteiger partial charge on any atom is 0.167 e. The number of ether oxygens (including phenoxy) is 2. The molecule has 1 atom stereocenters. The third kappa shape index (κ3) is 2.74. The molecule has 1 fully saturated rings. The van der Waals surface area contributed by atoms with E-state index in [1.165, 1.54) is 11.1 Å². The Balaban J connectivity index is 2.25. The van der Waals surface area contributed by atoms with Gasteiger partial charge >= 0.3 is 0 Å². The number of aliphatic hydroxyl groups is 1. The summed E-state index contributed by atoms with van der Waals surface area (Å²) in [5.41, 5.74) is 2.28. The second kappa shape index (κ2) is 5.83. The van der Waals surface area contributed by atoms with Crippen LogP contribution in [0, 0.1) is 6.92 Å². The fourth-order valence-electron chi connectivity index (χ4n) is 2.51. The topological polar surface area (TPSA) is 38.7 Å². The van der Waals surface area contributed by atoms with E-state index in [-0.39, 0.29) is 18.3 Å². The van der Waals surface area contributed by atoms with Crippen LogP contribution >= 0.6 is 0 Å². The molecule has 1 aliphatic heterocycles. The number of benzene rings is 1. The van der Waals surface area contributed by atoms with E-state index in [1.54, 1.807) is 0 Å². The number of hydrogen-bond acceptors (Lipinski definition) is 3. The van der Waals surface area contributed by atoms with Crippen molar-refractivity contribution in [3.8, 4) is 0 Å². The molecule has 1 saturated heterocycles. The second-order valence-corrected chi connectivity index (χ2v) is 5.18. The molecule has 0 bridgehead atoms. The van der Waals surface area contributed by atoms with Gasteiger partial charge in [0, 0.05) is 12.0 Å². The van der Waals surface area contributed by atoms with E-state index < -0.39 is 0 Å². The van der Waals surface area contributed by atoms with Gasteiger partial charge in [-0.15, -0.1) is 0 Å². The largest absolute Gasteiger partial charge is 0.396 e. The Morgan fingerprint density at radius 1 is 1.22 bits per heavy atom. The van der Waals surface area contributed by atoms with Crippen molar-refractivity contribution < 1.29 is 14.6 Å². The zero-order valence-corrected chi connectivity index (χ0v) is 11.2. The monoisotopic (exact) mass is 250 g/mol. The van der Waals surface area contributed by atoms with Crippen LogP contribution in [0.3, 0.4) is 0 Å². The molecule has 18 heavy (non-hydrogen) atoms. The van der Waals surface area contributed by atoms with Crippen molar-refractivity contribution in [2.75, 3.05) is 19.8 Å². The van der Waals surface area contributed by atoms with Crippen LogP contribution in [0.5, 0.6) is 0 Å². The molecule has 100 valence electrons. The van der Waals surface area contributed by atoms with E-state index >= 15 is 0 Å².